The van der Waals surface area contributed by atoms with Crippen LogP contribution in [-0.4, -0.2) is 37.0 Å². The maximum absolute atomic E-state index is 12.6. The van der Waals surface area contributed by atoms with Crippen molar-refractivity contribution in [2.45, 2.75) is 13.0 Å². The highest BCUT2D eigenvalue weighted by molar-refractivity contribution is 6.30. The first-order valence-corrected chi connectivity index (χ1v) is 9.69. The fraction of sp³-hybridized carbons (Fsp3) is 0.150. The largest absolute Gasteiger partial charge is 0.494 e. The van der Waals surface area contributed by atoms with Crippen molar-refractivity contribution in [3.8, 4) is 17.0 Å². The van der Waals surface area contributed by atoms with Crippen LogP contribution in [0.2, 0.25) is 5.02 Å². The highest BCUT2D eigenvalue weighted by Gasteiger charge is 2.34. The van der Waals surface area contributed by atoms with Crippen LogP contribution in [-0.2, 0) is 0 Å². The molecular formula is C20H16ClN7O2. The van der Waals surface area contributed by atoms with E-state index in [1.54, 1.807) is 16.8 Å². The van der Waals surface area contributed by atoms with Crippen molar-refractivity contribution in [2.24, 2.45) is 0 Å². The standard InChI is InChI=1S/C20H16ClN7O2/c1-2-30-14-9-5-12(6-10-14)18-15-16(11-3-7-13(21)8-4-11)23-24-19(29)17(15)22-20-25-26-27-28(18)20/h3-10,18H,2H2,1H3,(H,24,29)(H,22,25,27)/t18-/m0/s1. The van der Waals surface area contributed by atoms with E-state index < -0.39 is 6.04 Å². The third-order valence-corrected chi connectivity index (χ3v) is 5.14. The van der Waals surface area contributed by atoms with Crippen LogP contribution in [0.25, 0.3) is 11.3 Å². The number of aromatic nitrogens is 6. The number of tetrazole rings is 1. The maximum Gasteiger partial charge on any atom is 0.288 e. The molecule has 2 aromatic heterocycles. The molecule has 0 radical (unpaired) electrons. The van der Waals surface area contributed by atoms with E-state index in [1.165, 1.54) is 0 Å². The fourth-order valence-electron chi connectivity index (χ4n) is 3.59. The average Bonchev–Trinajstić information content (AvgIpc) is 3.23. The number of ether oxygens (including phenoxy) is 1. The van der Waals surface area contributed by atoms with Gasteiger partial charge in [0.15, 0.2) is 0 Å². The first-order valence-electron chi connectivity index (χ1n) is 9.32. The van der Waals surface area contributed by atoms with Gasteiger partial charge >= 0.3 is 0 Å². The Kier molecular flexibility index (Phi) is 4.44. The first kappa shape index (κ1) is 18.3. The van der Waals surface area contributed by atoms with Crippen LogP contribution in [0, 0.1) is 0 Å². The summed E-state index contributed by atoms with van der Waals surface area (Å²) in [6.45, 7) is 2.51. The van der Waals surface area contributed by atoms with Gasteiger partial charge in [0.1, 0.15) is 17.5 Å². The van der Waals surface area contributed by atoms with Crippen molar-refractivity contribution >= 4 is 23.2 Å². The minimum absolute atomic E-state index is 0.354. The molecule has 0 aliphatic carbocycles. The summed E-state index contributed by atoms with van der Waals surface area (Å²) in [6.07, 6.45) is 0. The first-order chi connectivity index (χ1) is 14.7. The van der Waals surface area contributed by atoms with Crippen LogP contribution in [0.4, 0.5) is 11.6 Å². The van der Waals surface area contributed by atoms with Crippen molar-refractivity contribution < 1.29 is 4.74 Å². The van der Waals surface area contributed by atoms with E-state index in [4.69, 9.17) is 16.3 Å². The van der Waals surface area contributed by atoms with Gasteiger partial charge in [-0.25, -0.2) is 5.10 Å². The van der Waals surface area contributed by atoms with Crippen LogP contribution in [0.3, 0.4) is 0 Å². The molecule has 4 aromatic rings. The Morgan fingerprint density at radius 1 is 1.13 bits per heavy atom. The van der Waals surface area contributed by atoms with Gasteiger partial charge in [0, 0.05) is 16.1 Å². The van der Waals surface area contributed by atoms with Crippen LogP contribution in [0.15, 0.2) is 53.3 Å². The zero-order valence-corrected chi connectivity index (χ0v) is 16.6. The van der Waals surface area contributed by atoms with Crippen molar-refractivity contribution in [2.75, 3.05) is 11.9 Å². The Bertz CT molecular complexity index is 1270. The Hall–Kier alpha value is -3.72. The minimum atomic E-state index is -0.456. The maximum atomic E-state index is 12.6. The summed E-state index contributed by atoms with van der Waals surface area (Å²) < 4.78 is 7.19. The van der Waals surface area contributed by atoms with Crippen LogP contribution >= 0.6 is 11.6 Å². The number of hydrogen-bond donors (Lipinski definition) is 2. The molecule has 0 unspecified atom stereocenters. The zero-order valence-electron chi connectivity index (χ0n) is 15.8. The van der Waals surface area contributed by atoms with E-state index in [2.05, 4.69) is 31.0 Å². The molecule has 0 saturated heterocycles. The van der Waals surface area contributed by atoms with E-state index in [9.17, 15) is 4.79 Å². The van der Waals surface area contributed by atoms with E-state index in [1.807, 2.05) is 43.3 Å². The molecule has 1 atom stereocenters. The molecule has 3 heterocycles. The highest BCUT2D eigenvalue weighted by atomic mass is 35.5. The highest BCUT2D eigenvalue weighted by Crippen LogP contribution is 2.41. The van der Waals surface area contributed by atoms with Gasteiger partial charge in [0.05, 0.1) is 12.3 Å². The number of fused-ring (bicyclic) bond motifs is 2. The SMILES string of the molecule is CCOc1ccc([C@H]2c3c(-c4ccc(Cl)cc4)n[nH]c(=O)c3Nc3nnnn32)cc1. The number of anilines is 2. The van der Waals surface area contributed by atoms with Crippen molar-refractivity contribution in [1.29, 1.82) is 0 Å². The Morgan fingerprint density at radius 3 is 2.63 bits per heavy atom. The minimum Gasteiger partial charge on any atom is -0.494 e. The molecule has 2 aromatic carbocycles. The molecule has 9 nitrogen and oxygen atoms in total. The molecule has 5 rings (SSSR count). The van der Waals surface area contributed by atoms with Crippen molar-refractivity contribution in [3.63, 3.8) is 0 Å². The van der Waals surface area contributed by atoms with Crippen LogP contribution in [0.1, 0.15) is 24.1 Å². The Balaban J connectivity index is 1.74. The van der Waals surface area contributed by atoms with Gasteiger partial charge in [-0.3, -0.25) is 4.79 Å². The number of rotatable bonds is 4. The predicted octanol–water partition coefficient (Wildman–Crippen LogP) is 3.17. The lowest BCUT2D eigenvalue weighted by molar-refractivity contribution is 0.340. The predicted molar refractivity (Wildman–Crippen MR) is 111 cm³/mol. The lowest BCUT2D eigenvalue weighted by Gasteiger charge is -2.27. The molecule has 10 heteroatoms. The normalized spacial score (nSPS) is 14.5. The Labute approximate surface area is 175 Å². The third kappa shape index (κ3) is 3.00. The molecule has 2 N–H and O–H groups in total. The molecule has 30 heavy (non-hydrogen) atoms. The van der Waals surface area contributed by atoms with E-state index >= 15 is 0 Å². The number of nitrogens with zero attached hydrogens (tertiary/aromatic N) is 5. The van der Waals surface area contributed by atoms with E-state index in [0.717, 1.165) is 16.9 Å². The number of aromatic amines is 1. The monoisotopic (exact) mass is 421 g/mol. The van der Waals surface area contributed by atoms with E-state index in [0.29, 0.717) is 34.5 Å². The third-order valence-electron chi connectivity index (χ3n) is 4.89. The summed E-state index contributed by atoms with van der Waals surface area (Å²) in [6, 6.07) is 14.4. The number of benzene rings is 2. The average molecular weight is 422 g/mol. The zero-order chi connectivity index (χ0) is 20.7. The van der Waals surface area contributed by atoms with Crippen LogP contribution in [0.5, 0.6) is 5.75 Å². The quantitative estimate of drug-likeness (QED) is 0.458. The molecule has 150 valence electrons. The lowest BCUT2D eigenvalue weighted by atomic mass is 9.92. The van der Waals surface area contributed by atoms with Gasteiger partial charge in [-0.15, -0.1) is 0 Å². The second-order valence-electron chi connectivity index (χ2n) is 6.67. The number of halogens is 1. The van der Waals surface area contributed by atoms with Crippen molar-refractivity contribution in [1.82, 2.24) is 30.4 Å². The molecule has 0 bridgehead atoms. The van der Waals surface area contributed by atoms with Gasteiger partial charge in [-0.2, -0.15) is 9.78 Å². The van der Waals surface area contributed by atoms with Gasteiger partial charge in [0.2, 0.25) is 5.95 Å². The smallest absolute Gasteiger partial charge is 0.288 e. The number of H-pyrrole nitrogens is 1. The second-order valence-corrected chi connectivity index (χ2v) is 7.11. The topological polar surface area (TPSA) is 111 Å². The summed E-state index contributed by atoms with van der Waals surface area (Å²) in [7, 11) is 0. The molecule has 0 spiro atoms. The van der Waals surface area contributed by atoms with Crippen molar-refractivity contribution in [3.05, 3.63) is 75.0 Å². The molecule has 0 saturated carbocycles. The number of nitrogens with one attached hydrogen (secondary N) is 2. The van der Waals surface area contributed by atoms with Gasteiger partial charge in [-0.05, 0) is 47.2 Å². The molecule has 0 fully saturated rings. The molecule has 1 aliphatic heterocycles. The summed E-state index contributed by atoms with van der Waals surface area (Å²) >= 11 is 6.05. The molecule has 1 aliphatic rings. The molecule has 0 amide bonds. The van der Waals surface area contributed by atoms with Gasteiger partial charge < -0.3 is 10.1 Å². The van der Waals surface area contributed by atoms with Crippen LogP contribution < -0.4 is 15.6 Å². The van der Waals surface area contributed by atoms with Gasteiger partial charge in [-0.1, -0.05) is 41.0 Å². The Morgan fingerprint density at radius 2 is 1.90 bits per heavy atom. The van der Waals surface area contributed by atoms with Gasteiger partial charge in [0.25, 0.3) is 5.56 Å². The number of hydrogen-bond acceptors (Lipinski definition) is 7. The summed E-state index contributed by atoms with van der Waals surface area (Å²) in [5, 5.41) is 22.5. The van der Waals surface area contributed by atoms with E-state index in [-0.39, 0.29) is 5.56 Å². The second kappa shape index (κ2) is 7.27. The summed E-state index contributed by atoms with van der Waals surface area (Å²) in [4.78, 5) is 12.6. The lowest BCUT2D eigenvalue weighted by Crippen LogP contribution is -2.29. The summed E-state index contributed by atoms with van der Waals surface area (Å²) in [5.41, 5.74) is 2.97. The summed E-state index contributed by atoms with van der Waals surface area (Å²) in [5.74, 6) is 1.13. The molecular weight excluding hydrogens is 406 g/mol. The fourth-order valence-corrected chi connectivity index (χ4v) is 3.71.